The SMILES string of the molecule is CCC1CCOCC1.CCN1CCC1.CCN1CCCC1.CCN1CCCCC1.CCN1CCCNCC1.CCN1CCNC1.CCN1CCNCC1.CCN1CCOCC1.CCN1CCS(=O)(=O)CC1.CCN1C[C@H](C)NC[C@@H]1C.CCc1ccncc1.CCn1ccnc1. The van der Waals surface area contributed by atoms with Crippen LogP contribution < -0.4 is 21.3 Å². The van der Waals surface area contributed by atoms with Gasteiger partial charge in [-0.3, -0.25) is 19.7 Å². The number of sulfone groups is 1. The third kappa shape index (κ3) is 50.1. The van der Waals surface area contributed by atoms with E-state index in [-0.39, 0.29) is 0 Å². The summed E-state index contributed by atoms with van der Waals surface area (Å²) in [6, 6.07) is 5.46. The number of imidazole rings is 1. The van der Waals surface area contributed by atoms with Crippen molar-refractivity contribution in [3.63, 3.8) is 0 Å². The normalized spacial score (nSPS) is 23.0. The number of ether oxygens (including phenoxy) is 2. The van der Waals surface area contributed by atoms with Gasteiger partial charge in [0.2, 0.25) is 0 Å². The van der Waals surface area contributed by atoms with Crippen LogP contribution in [0.3, 0.4) is 0 Å². The third-order valence-corrected chi connectivity index (χ3v) is 21.2. The van der Waals surface area contributed by atoms with Gasteiger partial charge in [-0.15, -0.1) is 0 Å². The molecule has 10 aliphatic heterocycles. The Morgan fingerprint density at radius 2 is 0.885 bits per heavy atom. The Morgan fingerprint density at radius 3 is 1.24 bits per heavy atom. The Balaban J connectivity index is 0.000000525. The third-order valence-electron chi connectivity index (χ3n) is 19.6. The van der Waals surface area contributed by atoms with Crippen molar-refractivity contribution in [2.75, 3.05) is 247 Å². The number of aromatic nitrogens is 3. The molecular weight excluding hydrogens is 1220 g/mol. The summed E-state index contributed by atoms with van der Waals surface area (Å²) in [5, 5.41) is 13.4. The van der Waals surface area contributed by atoms with Gasteiger partial charge in [0.25, 0.3) is 0 Å². The number of pyridine rings is 1. The highest BCUT2D eigenvalue weighted by Crippen LogP contribution is 2.17. The van der Waals surface area contributed by atoms with Crippen LogP contribution >= 0.6 is 0 Å². The van der Waals surface area contributed by atoms with E-state index in [2.05, 4.69) is 172 Å². The first-order valence-corrected chi connectivity index (χ1v) is 41.1. The molecule has 0 bridgehead atoms. The van der Waals surface area contributed by atoms with Crippen LogP contribution in [0.4, 0.5) is 0 Å². The molecule has 12 rings (SSSR count). The van der Waals surface area contributed by atoms with E-state index in [4.69, 9.17) is 9.47 Å². The molecule has 2 atom stereocenters. The van der Waals surface area contributed by atoms with E-state index in [1.165, 1.54) is 233 Å². The van der Waals surface area contributed by atoms with E-state index in [1.807, 2.05) is 35.3 Å². The number of rotatable bonds is 12. The van der Waals surface area contributed by atoms with Crippen molar-refractivity contribution < 1.29 is 17.9 Å². The molecule has 96 heavy (non-hydrogen) atoms. The minimum Gasteiger partial charge on any atom is -0.381 e. The Bertz CT molecular complexity index is 1890. The van der Waals surface area contributed by atoms with Crippen LogP contribution in [0.2, 0.25) is 0 Å². The lowest BCUT2D eigenvalue weighted by atomic mass is 9.98. The van der Waals surface area contributed by atoms with Crippen molar-refractivity contribution >= 4 is 9.84 Å². The van der Waals surface area contributed by atoms with Gasteiger partial charge in [0.05, 0.1) is 31.0 Å². The van der Waals surface area contributed by atoms with Crippen LogP contribution in [0.5, 0.6) is 0 Å². The van der Waals surface area contributed by atoms with E-state index in [1.54, 1.807) is 12.5 Å². The molecule has 566 valence electrons. The number of hydrogen-bond acceptors (Lipinski definition) is 19. The number of nitrogens with one attached hydrogen (secondary N) is 4. The lowest BCUT2D eigenvalue weighted by Gasteiger charge is -2.36. The second-order valence-corrected chi connectivity index (χ2v) is 28.8. The van der Waals surface area contributed by atoms with Crippen LogP contribution in [0, 0.1) is 5.92 Å². The van der Waals surface area contributed by atoms with Crippen molar-refractivity contribution in [2.45, 2.75) is 186 Å². The maximum Gasteiger partial charge on any atom is 0.152 e. The molecule has 0 amide bonds. The minimum atomic E-state index is -2.67. The molecule has 20 nitrogen and oxygen atoms in total. The maximum absolute atomic E-state index is 10.9. The first-order chi connectivity index (χ1) is 46.7. The quantitative estimate of drug-likeness (QED) is 0.160. The summed E-state index contributed by atoms with van der Waals surface area (Å²) in [6.45, 7) is 73.6. The maximum atomic E-state index is 10.9. The lowest BCUT2D eigenvalue weighted by molar-refractivity contribution is 0.0405. The molecule has 10 saturated heterocycles. The summed E-state index contributed by atoms with van der Waals surface area (Å²) in [4.78, 5) is 29.6. The van der Waals surface area contributed by atoms with E-state index < -0.39 is 9.84 Å². The molecule has 0 aromatic carbocycles. The fraction of sp³-hybridized carbons (Fsp3) is 0.893. The molecule has 0 aliphatic carbocycles. The Morgan fingerprint density at radius 1 is 0.448 bits per heavy atom. The van der Waals surface area contributed by atoms with Crippen molar-refractivity contribution in [3.05, 3.63) is 48.8 Å². The van der Waals surface area contributed by atoms with Gasteiger partial charge in [0, 0.05) is 155 Å². The summed E-state index contributed by atoms with van der Waals surface area (Å²) in [5.74, 6) is 1.66. The Hall–Kier alpha value is -2.29. The van der Waals surface area contributed by atoms with Crippen molar-refractivity contribution in [1.29, 1.82) is 0 Å². The number of piperidine rings is 1. The summed E-state index contributed by atoms with van der Waals surface area (Å²) in [7, 11) is -2.67. The van der Waals surface area contributed by atoms with E-state index in [9.17, 15) is 8.42 Å². The summed E-state index contributed by atoms with van der Waals surface area (Å²) < 4.78 is 34.1. The van der Waals surface area contributed by atoms with Gasteiger partial charge < -0.3 is 64.7 Å². The Labute approximate surface area is 593 Å². The van der Waals surface area contributed by atoms with Crippen LogP contribution in [0.25, 0.3) is 0 Å². The number of aryl methyl sites for hydroxylation is 2. The molecule has 21 heteroatoms. The van der Waals surface area contributed by atoms with Gasteiger partial charge >= 0.3 is 0 Å². The number of nitrogens with zero attached hydrogens (tertiary/aromatic N) is 12. The molecule has 0 radical (unpaired) electrons. The van der Waals surface area contributed by atoms with Crippen LogP contribution in [-0.2, 0) is 32.3 Å². The molecular formula is C75H156N16O4S. The smallest absolute Gasteiger partial charge is 0.152 e. The number of likely N-dealkylation sites (N-methyl/N-ethyl adjacent to an activating group) is 5. The van der Waals surface area contributed by atoms with Gasteiger partial charge in [-0.2, -0.15) is 0 Å². The topological polar surface area (TPSA) is 161 Å². The van der Waals surface area contributed by atoms with Gasteiger partial charge in [0.1, 0.15) is 0 Å². The number of morpholine rings is 1. The number of hydrogen-bond donors (Lipinski definition) is 4. The van der Waals surface area contributed by atoms with Crippen LogP contribution in [-0.4, -0.2) is 327 Å². The van der Waals surface area contributed by atoms with Crippen LogP contribution in [0.15, 0.2) is 43.2 Å². The zero-order valence-electron chi connectivity index (χ0n) is 65.0. The van der Waals surface area contributed by atoms with Gasteiger partial charge in [-0.1, -0.05) is 89.0 Å². The molecule has 0 saturated carbocycles. The summed E-state index contributed by atoms with van der Waals surface area (Å²) in [5.41, 5.74) is 1.35. The predicted molar refractivity (Wildman–Crippen MR) is 412 cm³/mol. The van der Waals surface area contributed by atoms with Gasteiger partial charge in [0.15, 0.2) is 9.84 Å². The molecule has 12 heterocycles. The molecule has 4 N–H and O–H groups in total. The van der Waals surface area contributed by atoms with E-state index >= 15 is 0 Å². The number of piperazine rings is 2. The average molecular weight is 1380 g/mol. The molecule has 10 aliphatic rings. The minimum absolute atomic E-state index is 0.348. The first-order valence-electron chi connectivity index (χ1n) is 39.3. The van der Waals surface area contributed by atoms with Gasteiger partial charge in [-0.25, -0.2) is 13.4 Å². The largest absolute Gasteiger partial charge is 0.381 e. The second kappa shape index (κ2) is 63.6. The molecule has 0 unspecified atom stereocenters. The van der Waals surface area contributed by atoms with E-state index in [0.29, 0.717) is 17.5 Å². The zero-order valence-corrected chi connectivity index (χ0v) is 65.9. The van der Waals surface area contributed by atoms with Gasteiger partial charge in [-0.05, 0) is 213 Å². The monoisotopic (exact) mass is 1380 g/mol. The highest BCUT2D eigenvalue weighted by atomic mass is 32.2. The number of likely N-dealkylation sites (tertiary alicyclic amines) is 3. The highest BCUT2D eigenvalue weighted by Gasteiger charge is 2.21. The average Bonchev–Trinajstić information content (AvgIpc) is 2.55. The summed E-state index contributed by atoms with van der Waals surface area (Å²) in [6.07, 6.45) is 24.1. The standard InChI is InChI=1S/C8H18N2.C7H16N2.C7H9N.C7H15N.C7H14O.C6H14N2.C6H13NO2S.C6H13NO.C6H13N.C5H12N2.C5H8N2.C5H11N/c1-4-10-6-7(2)9-5-8(10)3;1-2-9-6-3-4-8-5-7-9;1-2-7-3-5-8-6-4-7;1-2-8-6-4-3-5-7-8;1-2-7-3-5-8-6-4-7;1-2-8-5-3-7-4-6-8;1-2-7-3-5-10(8,9)6-4-7;1-2-7-3-5-8-6-4-7;1-2-7-5-3-4-6-7;2*1-2-7-4-3-6-5-7;1-2-6-4-3-5-6/h7-9H,4-6H2,1-3H3;8H,2-7H2,1H3;3-6H,2H2,1H3;2-7H2,1H3;2*7H,2-6H2,1H3;2-6H2,1H3;2-6H2,1H3;2-6H2,1H3;6H,2-5H2,1H3;3-5H,2H2,1H3;2-5H2,1H3/t7-,8-;;;;;;;;;;;/m0.........../s1. The molecule has 0 spiro atoms. The highest BCUT2D eigenvalue weighted by molar-refractivity contribution is 7.91. The van der Waals surface area contributed by atoms with Crippen LogP contribution in [0.1, 0.15) is 167 Å². The van der Waals surface area contributed by atoms with Crippen molar-refractivity contribution in [3.8, 4) is 0 Å². The lowest BCUT2D eigenvalue weighted by Crippen LogP contribution is -2.53. The first kappa shape index (κ1) is 91.7. The zero-order chi connectivity index (χ0) is 70.5. The van der Waals surface area contributed by atoms with Crippen molar-refractivity contribution in [2.24, 2.45) is 5.92 Å². The van der Waals surface area contributed by atoms with Crippen molar-refractivity contribution in [1.82, 2.24) is 79.9 Å². The Kier molecular flexibility index (Phi) is 60.8. The second-order valence-electron chi connectivity index (χ2n) is 26.5. The molecule has 2 aromatic heterocycles. The fourth-order valence-electron chi connectivity index (χ4n) is 11.9. The summed E-state index contributed by atoms with van der Waals surface area (Å²) >= 11 is 0. The molecule has 2 aromatic rings. The van der Waals surface area contributed by atoms with E-state index in [0.717, 1.165) is 97.3 Å². The molecule has 10 fully saturated rings. The fourth-order valence-corrected chi connectivity index (χ4v) is 13.2. The predicted octanol–water partition coefficient (Wildman–Crippen LogP) is 8.52.